The number of fused-ring (bicyclic) bond motifs is 1. The number of rotatable bonds is 0. The van der Waals surface area contributed by atoms with Crippen molar-refractivity contribution in [1.82, 2.24) is 0 Å². The molecule has 0 saturated heterocycles. The summed E-state index contributed by atoms with van der Waals surface area (Å²) in [7, 11) is 0. The summed E-state index contributed by atoms with van der Waals surface area (Å²) in [6, 6.07) is 5.87. The van der Waals surface area contributed by atoms with Crippen LogP contribution in [0, 0.1) is 11.3 Å². The predicted molar refractivity (Wildman–Crippen MR) is 45.4 cm³/mol. The zero-order valence-electron chi connectivity index (χ0n) is 7.46. The molecule has 0 atom stereocenters. The lowest BCUT2D eigenvalue weighted by Gasteiger charge is -2.23. The van der Waals surface area contributed by atoms with E-state index in [1.54, 1.807) is 0 Å². The Morgan fingerprint density at radius 3 is 2.87 bits per heavy atom. The van der Waals surface area contributed by atoms with Gasteiger partial charge >= 0.3 is 6.11 Å². The topological polar surface area (TPSA) is 50.1 Å². The normalized spacial score (nSPS) is 17.5. The van der Waals surface area contributed by atoms with Gasteiger partial charge in [0.2, 0.25) is 5.78 Å². The van der Waals surface area contributed by atoms with Gasteiger partial charge in [0.25, 0.3) is 0 Å². The van der Waals surface area contributed by atoms with Crippen LogP contribution in [0.1, 0.15) is 11.1 Å². The van der Waals surface area contributed by atoms with E-state index in [4.69, 9.17) is 5.26 Å². The Kier molecular flexibility index (Phi) is 1.93. The van der Waals surface area contributed by atoms with Crippen molar-refractivity contribution in [2.75, 3.05) is 0 Å². The molecule has 1 aliphatic heterocycles. The highest BCUT2D eigenvalue weighted by atomic mass is 19.3. The van der Waals surface area contributed by atoms with Gasteiger partial charge in [0.1, 0.15) is 5.75 Å². The number of Topliss-reactive ketones (excluding diaryl/α,β-unsaturated/α-hetero) is 1. The van der Waals surface area contributed by atoms with Crippen LogP contribution in [0.25, 0.3) is 0 Å². The third kappa shape index (κ3) is 1.54. The molecule has 1 heterocycles. The first-order valence-electron chi connectivity index (χ1n) is 4.16. The van der Waals surface area contributed by atoms with Crippen molar-refractivity contribution in [2.24, 2.45) is 0 Å². The molecule has 76 valence electrons. The number of alkyl halides is 2. The van der Waals surface area contributed by atoms with E-state index in [0.29, 0.717) is 11.1 Å². The highest BCUT2D eigenvalue weighted by molar-refractivity contribution is 5.88. The van der Waals surface area contributed by atoms with Crippen LogP contribution in [0.15, 0.2) is 18.2 Å². The molecule has 0 bridgehead atoms. The van der Waals surface area contributed by atoms with E-state index in [9.17, 15) is 13.6 Å². The zero-order valence-corrected chi connectivity index (χ0v) is 7.46. The summed E-state index contributed by atoms with van der Waals surface area (Å²) in [5, 5.41) is 8.58. The lowest BCUT2D eigenvalue weighted by Crippen LogP contribution is -2.40. The van der Waals surface area contributed by atoms with Gasteiger partial charge in [-0.15, -0.1) is 0 Å². The lowest BCUT2D eigenvalue weighted by molar-refractivity contribution is -0.193. The minimum atomic E-state index is -3.75. The highest BCUT2D eigenvalue weighted by Gasteiger charge is 2.45. The van der Waals surface area contributed by atoms with Gasteiger partial charge in [-0.3, -0.25) is 4.79 Å². The van der Waals surface area contributed by atoms with E-state index in [-0.39, 0.29) is 5.75 Å². The second-order valence-electron chi connectivity index (χ2n) is 3.15. The second kappa shape index (κ2) is 3.02. The molecule has 1 aromatic carbocycles. The Hall–Kier alpha value is -1.96. The molecule has 2 rings (SSSR count). The first kappa shape index (κ1) is 9.59. The fourth-order valence-electron chi connectivity index (χ4n) is 1.36. The monoisotopic (exact) mass is 209 g/mol. The van der Waals surface area contributed by atoms with Gasteiger partial charge in [-0.25, -0.2) is 0 Å². The van der Waals surface area contributed by atoms with Crippen molar-refractivity contribution >= 4 is 5.78 Å². The number of ether oxygens (including phenoxy) is 1. The third-order valence-electron chi connectivity index (χ3n) is 2.10. The van der Waals surface area contributed by atoms with Crippen molar-refractivity contribution in [2.45, 2.75) is 12.5 Å². The molecule has 0 aliphatic carbocycles. The lowest BCUT2D eigenvalue weighted by atomic mass is 10.0. The maximum atomic E-state index is 12.8. The Morgan fingerprint density at radius 2 is 2.20 bits per heavy atom. The fourth-order valence-corrected chi connectivity index (χ4v) is 1.36. The molecule has 0 fully saturated rings. The molecule has 0 saturated carbocycles. The summed E-state index contributed by atoms with van der Waals surface area (Å²) in [5.74, 6) is -1.33. The van der Waals surface area contributed by atoms with Gasteiger partial charge in [-0.2, -0.15) is 14.0 Å². The van der Waals surface area contributed by atoms with E-state index in [2.05, 4.69) is 4.74 Å². The van der Waals surface area contributed by atoms with Gasteiger partial charge in [0.15, 0.2) is 0 Å². The number of nitrogens with zero attached hydrogens (tertiary/aromatic N) is 1. The van der Waals surface area contributed by atoms with Crippen LogP contribution in [-0.4, -0.2) is 11.9 Å². The van der Waals surface area contributed by atoms with E-state index >= 15 is 0 Å². The van der Waals surface area contributed by atoms with Gasteiger partial charge in [-0.1, -0.05) is 0 Å². The molecule has 0 spiro atoms. The summed E-state index contributed by atoms with van der Waals surface area (Å²) >= 11 is 0. The van der Waals surface area contributed by atoms with Crippen molar-refractivity contribution in [1.29, 1.82) is 5.26 Å². The molecular weight excluding hydrogens is 204 g/mol. The number of hydrogen-bond acceptors (Lipinski definition) is 3. The fraction of sp³-hybridized carbons (Fsp3) is 0.200. The Labute approximate surface area is 83.9 Å². The van der Waals surface area contributed by atoms with E-state index in [0.717, 1.165) is 0 Å². The maximum absolute atomic E-state index is 12.8. The van der Waals surface area contributed by atoms with Gasteiger partial charge in [0.05, 0.1) is 11.6 Å². The van der Waals surface area contributed by atoms with Gasteiger partial charge in [-0.05, 0) is 18.2 Å². The van der Waals surface area contributed by atoms with Crippen LogP contribution in [0.5, 0.6) is 5.75 Å². The average molecular weight is 209 g/mol. The number of carbonyl (C=O) groups excluding carboxylic acids is 1. The summed E-state index contributed by atoms with van der Waals surface area (Å²) in [6.45, 7) is 0. The molecule has 3 nitrogen and oxygen atoms in total. The van der Waals surface area contributed by atoms with E-state index in [1.165, 1.54) is 18.2 Å². The maximum Gasteiger partial charge on any atom is 0.461 e. The average Bonchev–Trinajstić information content (AvgIpc) is 2.19. The third-order valence-corrected chi connectivity index (χ3v) is 2.10. The minimum absolute atomic E-state index is 0.0430. The number of carbonyl (C=O) groups is 1. The summed E-state index contributed by atoms with van der Waals surface area (Å²) < 4.78 is 29.9. The summed E-state index contributed by atoms with van der Waals surface area (Å²) in [5.41, 5.74) is 0.639. The van der Waals surface area contributed by atoms with Crippen LogP contribution in [0.4, 0.5) is 8.78 Å². The molecule has 1 aromatic rings. The first-order valence-corrected chi connectivity index (χ1v) is 4.16. The standard InChI is InChI=1S/C10H5F2NO2/c11-10(12)9(14)4-7-3-6(5-13)1-2-8(7)15-10/h1-3H,4H2. The van der Waals surface area contributed by atoms with Gasteiger partial charge < -0.3 is 4.74 Å². The number of nitriles is 1. The summed E-state index contributed by atoms with van der Waals surface area (Å²) in [6.07, 6.45) is -4.15. The van der Waals surface area contributed by atoms with Gasteiger partial charge in [0, 0.05) is 12.0 Å². The molecule has 0 radical (unpaired) electrons. The van der Waals surface area contributed by atoms with Crippen molar-refractivity contribution in [3.63, 3.8) is 0 Å². The summed E-state index contributed by atoms with van der Waals surface area (Å²) in [4.78, 5) is 10.9. The van der Waals surface area contributed by atoms with Crippen LogP contribution < -0.4 is 4.74 Å². The van der Waals surface area contributed by atoms with E-state index < -0.39 is 18.3 Å². The molecule has 0 amide bonds. The van der Waals surface area contributed by atoms with Crippen LogP contribution in [0.2, 0.25) is 0 Å². The molecule has 5 heteroatoms. The zero-order chi connectivity index (χ0) is 11.1. The highest BCUT2D eigenvalue weighted by Crippen LogP contribution is 2.33. The SMILES string of the molecule is N#Cc1ccc2c(c1)CC(=O)C(F)(F)O2. The van der Waals surface area contributed by atoms with E-state index in [1.807, 2.05) is 6.07 Å². The smallest absolute Gasteiger partial charge is 0.426 e. The van der Waals surface area contributed by atoms with Crippen molar-refractivity contribution in [3.05, 3.63) is 29.3 Å². The Balaban J connectivity index is 2.46. The molecule has 0 aromatic heterocycles. The Bertz CT molecular complexity index is 477. The first-order chi connectivity index (χ1) is 7.03. The number of halogens is 2. The quantitative estimate of drug-likeness (QED) is 0.652. The molecule has 0 N–H and O–H groups in total. The number of benzene rings is 1. The number of hydrogen-bond donors (Lipinski definition) is 0. The second-order valence-corrected chi connectivity index (χ2v) is 3.15. The van der Waals surface area contributed by atoms with Crippen LogP contribution in [0.3, 0.4) is 0 Å². The largest absolute Gasteiger partial charge is 0.461 e. The van der Waals surface area contributed by atoms with Crippen molar-refractivity contribution in [3.8, 4) is 11.8 Å². The molecule has 15 heavy (non-hydrogen) atoms. The molecule has 0 unspecified atom stereocenters. The minimum Gasteiger partial charge on any atom is -0.426 e. The van der Waals surface area contributed by atoms with Crippen molar-refractivity contribution < 1.29 is 18.3 Å². The molecule has 1 aliphatic rings. The predicted octanol–water partition coefficient (Wildman–Crippen LogP) is 1.66. The van der Waals surface area contributed by atoms with Crippen LogP contribution in [-0.2, 0) is 11.2 Å². The van der Waals surface area contributed by atoms with Crippen LogP contribution >= 0.6 is 0 Å². The number of ketones is 1. The Morgan fingerprint density at radius 1 is 1.47 bits per heavy atom. The molecular formula is C10H5F2NO2.